The van der Waals surface area contributed by atoms with Crippen LogP contribution in [0.4, 0.5) is 0 Å². The van der Waals surface area contributed by atoms with Crippen LogP contribution in [0.2, 0.25) is 5.02 Å². The molecule has 0 spiro atoms. The lowest BCUT2D eigenvalue weighted by Gasteiger charge is -2.25. The van der Waals surface area contributed by atoms with Crippen LogP contribution in [0, 0.1) is 0 Å². The number of thiazole rings is 1. The Kier molecular flexibility index (Phi) is 4.12. The zero-order valence-corrected chi connectivity index (χ0v) is 15.1. The van der Waals surface area contributed by atoms with Gasteiger partial charge in [0.1, 0.15) is 5.60 Å². The minimum Gasteiger partial charge on any atom is -0.384 e. The molecule has 2 N–H and O–H groups in total. The first-order valence-electron chi connectivity index (χ1n) is 8.19. The van der Waals surface area contributed by atoms with Gasteiger partial charge in [0.2, 0.25) is 0 Å². The summed E-state index contributed by atoms with van der Waals surface area (Å²) in [6.07, 6.45) is 4.53. The van der Waals surface area contributed by atoms with Crippen LogP contribution >= 0.6 is 22.9 Å². The third-order valence-electron chi connectivity index (χ3n) is 4.57. The van der Waals surface area contributed by atoms with Crippen LogP contribution < -0.4 is 5.32 Å². The number of hydrogen-bond donors (Lipinski definition) is 2. The lowest BCUT2D eigenvalue weighted by Crippen LogP contribution is -2.35. The minimum absolute atomic E-state index is 0.429. The van der Waals surface area contributed by atoms with Crippen molar-refractivity contribution in [2.45, 2.75) is 37.8 Å². The fourth-order valence-corrected chi connectivity index (χ4v) is 4.21. The third-order valence-corrected chi connectivity index (χ3v) is 5.66. The molecule has 126 valence electrons. The van der Waals surface area contributed by atoms with Gasteiger partial charge < -0.3 is 10.4 Å². The Morgan fingerprint density at radius 3 is 2.96 bits per heavy atom. The number of benzene rings is 1. The van der Waals surface area contributed by atoms with Gasteiger partial charge in [0.25, 0.3) is 0 Å². The molecule has 1 saturated carbocycles. The highest BCUT2D eigenvalue weighted by atomic mass is 35.5. The van der Waals surface area contributed by atoms with Gasteiger partial charge in [-0.3, -0.25) is 4.40 Å². The van der Waals surface area contributed by atoms with Crippen molar-refractivity contribution >= 4 is 27.9 Å². The van der Waals surface area contributed by atoms with Crippen molar-refractivity contribution in [2.24, 2.45) is 0 Å². The van der Waals surface area contributed by atoms with Gasteiger partial charge in [0.05, 0.1) is 11.4 Å². The van der Waals surface area contributed by atoms with E-state index >= 15 is 0 Å². The van der Waals surface area contributed by atoms with Gasteiger partial charge in [-0.2, -0.15) is 0 Å². The summed E-state index contributed by atoms with van der Waals surface area (Å²) in [5.74, 6) is 0.609. The number of aromatic nitrogens is 2. The van der Waals surface area contributed by atoms with Crippen molar-refractivity contribution in [3.63, 3.8) is 0 Å². The van der Waals surface area contributed by atoms with Crippen molar-refractivity contribution in [3.05, 3.63) is 57.8 Å². The molecule has 1 aliphatic rings. The number of aliphatic hydroxyl groups is 1. The summed E-state index contributed by atoms with van der Waals surface area (Å²) >= 11 is 7.89. The molecule has 0 saturated heterocycles. The van der Waals surface area contributed by atoms with Crippen molar-refractivity contribution in [1.82, 2.24) is 14.7 Å². The van der Waals surface area contributed by atoms with Crippen molar-refractivity contribution in [3.8, 4) is 0 Å². The number of nitrogens with one attached hydrogen (secondary N) is 1. The standard InChI is InChI=1S/C18H20ClN3OS/c1-18(23,13-4-2-3-5-14(13)19)11-20-10-15-16(12-6-7-12)21-17-22(15)8-9-24-17/h2-5,8-9,12,20,23H,6-7,10-11H2,1H3. The maximum Gasteiger partial charge on any atom is 0.194 e. The van der Waals surface area contributed by atoms with E-state index in [2.05, 4.69) is 21.3 Å². The Balaban J connectivity index is 1.50. The highest BCUT2D eigenvalue weighted by Crippen LogP contribution is 2.41. The molecule has 4 rings (SSSR count). The lowest BCUT2D eigenvalue weighted by atomic mass is 9.96. The Bertz CT molecular complexity index is 866. The maximum atomic E-state index is 10.8. The van der Waals surface area contributed by atoms with Gasteiger partial charge in [-0.1, -0.05) is 29.8 Å². The van der Waals surface area contributed by atoms with Gasteiger partial charge in [-0.25, -0.2) is 4.98 Å². The molecule has 1 unspecified atom stereocenters. The van der Waals surface area contributed by atoms with Crippen LogP contribution in [0.25, 0.3) is 4.96 Å². The van der Waals surface area contributed by atoms with E-state index in [-0.39, 0.29) is 0 Å². The van der Waals surface area contributed by atoms with Gasteiger partial charge >= 0.3 is 0 Å². The second kappa shape index (κ2) is 6.15. The molecule has 2 aromatic heterocycles. The lowest BCUT2D eigenvalue weighted by molar-refractivity contribution is 0.0566. The summed E-state index contributed by atoms with van der Waals surface area (Å²) < 4.78 is 2.16. The first-order chi connectivity index (χ1) is 11.6. The molecule has 0 radical (unpaired) electrons. The average Bonchev–Trinajstić information content (AvgIpc) is 3.19. The van der Waals surface area contributed by atoms with E-state index in [4.69, 9.17) is 16.6 Å². The maximum absolute atomic E-state index is 10.8. The van der Waals surface area contributed by atoms with Crippen LogP contribution in [0.15, 0.2) is 35.8 Å². The molecule has 1 aliphatic carbocycles. The molecule has 1 fully saturated rings. The largest absolute Gasteiger partial charge is 0.384 e. The number of imidazole rings is 1. The average molecular weight is 362 g/mol. The molecular weight excluding hydrogens is 342 g/mol. The molecule has 3 aromatic rings. The second-order valence-corrected chi connectivity index (χ2v) is 7.91. The summed E-state index contributed by atoms with van der Waals surface area (Å²) in [7, 11) is 0. The summed E-state index contributed by atoms with van der Waals surface area (Å²) in [6.45, 7) is 2.90. The van der Waals surface area contributed by atoms with Crippen LogP contribution in [-0.4, -0.2) is 21.0 Å². The Hall–Kier alpha value is -1.40. The predicted octanol–water partition coefficient (Wildman–Crippen LogP) is 3.92. The van der Waals surface area contributed by atoms with E-state index in [1.165, 1.54) is 24.2 Å². The molecule has 1 aromatic carbocycles. The van der Waals surface area contributed by atoms with Crippen molar-refractivity contribution < 1.29 is 5.11 Å². The minimum atomic E-state index is -1.02. The van der Waals surface area contributed by atoms with Crippen LogP contribution in [-0.2, 0) is 12.1 Å². The van der Waals surface area contributed by atoms with E-state index in [1.54, 1.807) is 18.3 Å². The Labute approximate surface area is 150 Å². The van der Waals surface area contributed by atoms with E-state index in [1.807, 2.05) is 24.3 Å². The van der Waals surface area contributed by atoms with Crippen LogP contribution in [0.3, 0.4) is 0 Å². The molecule has 24 heavy (non-hydrogen) atoms. The van der Waals surface area contributed by atoms with Gasteiger partial charge in [-0.15, -0.1) is 11.3 Å². The zero-order valence-electron chi connectivity index (χ0n) is 13.5. The first-order valence-corrected chi connectivity index (χ1v) is 9.44. The first kappa shape index (κ1) is 16.1. The number of hydrogen-bond acceptors (Lipinski definition) is 4. The second-order valence-electron chi connectivity index (χ2n) is 6.63. The van der Waals surface area contributed by atoms with Gasteiger partial charge in [0, 0.05) is 41.2 Å². The highest BCUT2D eigenvalue weighted by Gasteiger charge is 2.31. The fraction of sp³-hybridized carbons (Fsp3) is 0.389. The van der Waals surface area contributed by atoms with E-state index < -0.39 is 5.60 Å². The number of fused-ring (bicyclic) bond motifs is 1. The summed E-state index contributed by atoms with van der Waals surface area (Å²) in [5.41, 5.74) is 2.15. The summed E-state index contributed by atoms with van der Waals surface area (Å²) in [5, 5.41) is 16.8. The summed E-state index contributed by atoms with van der Waals surface area (Å²) in [6, 6.07) is 7.45. The molecule has 2 heterocycles. The van der Waals surface area contributed by atoms with Crippen LogP contribution in [0.1, 0.15) is 42.6 Å². The SMILES string of the molecule is CC(O)(CNCc1c(C2CC2)nc2sccn12)c1ccccc1Cl. The topological polar surface area (TPSA) is 49.6 Å². The smallest absolute Gasteiger partial charge is 0.194 e. The fourth-order valence-electron chi connectivity index (χ4n) is 3.13. The van der Waals surface area contributed by atoms with Gasteiger partial charge in [0.15, 0.2) is 4.96 Å². The number of rotatable bonds is 6. The molecule has 0 amide bonds. The van der Waals surface area contributed by atoms with Crippen molar-refractivity contribution in [1.29, 1.82) is 0 Å². The third kappa shape index (κ3) is 2.97. The van der Waals surface area contributed by atoms with E-state index in [0.717, 1.165) is 10.5 Å². The molecule has 0 aliphatic heterocycles. The van der Waals surface area contributed by atoms with Crippen molar-refractivity contribution in [2.75, 3.05) is 6.54 Å². The molecule has 6 heteroatoms. The molecule has 1 atom stereocenters. The van der Waals surface area contributed by atoms with Crippen LogP contribution in [0.5, 0.6) is 0 Å². The zero-order chi connectivity index (χ0) is 16.7. The monoisotopic (exact) mass is 361 g/mol. The highest BCUT2D eigenvalue weighted by molar-refractivity contribution is 7.15. The Morgan fingerprint density at radius 2 is 2.21 bits per heavy atom. The number of nitrogens with zero attached hydrogens (tertiary/aromatic N) is 2. The van der Waals surface area contributed by atoms with E-state index in [9.17, 15) is 5.11 Å². The van der Waals surface area contributed by atoms with Gasteiger partial charge in [-0.05, 0) is 25.8 Å². The summed E-state index contributed by atoms with van der Waals surface area (Å²) in [4.78, 5) is 5.83. The molecular formula is C18H20ClN3OS. The molecule has 0 bridgehead atoms. The predicted molar refractivity (Wildman–Crippen MR) is 97.8 cm³/mol. The normalized spacial score (nSPS) is 17.3. The quantitative estimate of drug-likeness (QED) is 0.699. The van der Waals surface area contributed by atoms with E-state index in [0.29, 0.717) is 24.0 Å². The Morgan fingerprint density at radius 1 is 1.42 bits per heavy atom. The molecule has 4 nitrogen and oxygen atoms in total. The number of halogens is 1.